The van der Waals surface area contributed by atoms with Crippen molar-refractivity contribution < 1.29 is 9.53 Å². The van der Waals surface area contributed by atoms with E-state index in [1.807, 2.05) is 0 Å². The van der Waals surface area contributed by atoms with Crippen LogP contribution in [-0.4, -0.2) is 43.7 Å². The van der Waals surface area contributed by atoms with Gasteiger partial charge in [0, 0.05) is 25.2 Å². The molecule has 0 spiro atoms. The second kappa shape index (κ2) is 4.99. The number of nitrogens with zero attached hydrogens (tertiary/aromatic N) is 1. The third-order valence-electron chi connectivity index (χ3n) is 2.18. The second-order valence-corrected chi connectivity index (χ2v) is 3.17. The first-order chi connectivity index (χ1) is 6.20. The highest BCUT2D eigenvalue weighted by Crippen LogP contribution is 2.02. The zero-order chi connectivity index (χ0) is 9.68. The van der Waals surface area contributed by atoms with E-state index in [1.54, 1.807) is 0 Å². The van der Waals surface area contributed by atoms with E-state index in [-0.39, 0.29) is 0 Å². The Kier molecular flexibility index (Phi) is 3.92. The van der Waals surface area contributed by atoms with Crippen LogP contribution in [0, 0.1) is 0 Å². The minimum absolute atomic E-state index is 0.395. The Labute approximate surface area is 78.3 Å². The lowest BCUT2D eigenvalue weighted by molar-refractivity contribution is -0.114. The molecule has 0 radical (unpaired) electrons. The highest BCUT2D eigenvalue weighted by Gasteiger charge is 2.11. The number of primary amides is 1. The number of amides is 1. The maximum Gasteiger partial charge on any atom is 0.244 e. The van der Waals surface area contributed by atoms with Gasteiger partial charge in [-0.05, 0) is 6.42 Å². The van der Waals surface area contributed by atoms with Gasteiger partial charge in [-0.2, -0.15) is 0 Å². The summed E-state index contributed by atoms with van der Waals surface area (Å²) in [4.78, 5) is 12.9. The number of hydrogen-bond acceptors (Lipinski definition) is 3. The predicted octanol–water partition coefficient (Wildman–Crippen LogP) is -0.250. The average Bonchev–Trinajstić information content (AvgIpc) is 2.15. The Morgan fingerprint density at radius 2 is 2.08 bits per heavy atom. The molecule has 1 amide bonds. The largest absolute Gasteiger partial charge is 0.379 e. The first kappa shape index (κ1) is 10.2. The van der Waals surface area contributed by atoms with Gasteiger partial charge in [-0.25, -0.2) is 0 Å². The van der Waals surface area contributed by atoms with Crippen molar-refractivity contribution in [2.75, 3.05) is 32.8 Å². The molecule has 0 unspecified atom stereocenters. The number of hydrogen-bond donors (Lipinski definition) is 1. The molecule has 1 fully saturated rings. The fraction of sp³-hybridized carbons (Fsp3) is 0.667. The molecule has 0 aromatic carbocycles. The Hall–Kier alpha value is -0.870. The summed E-state index contributed by atoms with van der Waals surface area (Å²) in [6.45, 7) is 7.89. The lowest BCUT2D eigenvalue weighted by Gasteiger charge is -2.26. The number of rotatable bonds is 4. The number of carbonyl (C=O) groups excluding carboxylic acids is 1. The molecule has 74 valence electrons. The summed E-state index contributed by atoms with van der Waals surface area (Å²) in [7, 11) is 0. The molecule has 0 bridgehead atoms. The van der Waals surface area contributed by atoms with E-state index in [9.17, 15) is 4.79 Å². The SMILES string of the molecule is C=C(CCN1CCOCC1)C(N)=O. The van der Waals surface area contributed by atoms with Crippen LogP contribution in [0.1, 0.15) is 6.42 Å². The first-order valence-corrected chi connectivity index (χ1v) is 4.48. The molecule has 0 aromatic rings. The quantitative estimate of drug-likeness (QED) is 0.613. The Morgan fingerprint density at radius 3 is 2.62 bits per heavy atom. The molecule has 1 saturated heterocycles. The fourth-order valence-corrected chi connectivity index (χ4v) is 1.24. The van der Waals surface area contributed by atoms with Gasteiger partial charge >= 0.3 is 0 Å². The third kappa shape index (κ3) is 3.57. The summed E-state index contributed by atoms with van der Waals surface area (Å²) >= 11 is 0. The van der Waals surface area contributed by atoms with Gasteiger partial charge in [0.15, 0.2) is 0 Å². The van der Waals surface area contributed by atoms with Crippen molar-refractivity contribution in [1.82, 2.24) is 4.90 Å². The highest BCUT2D eigenvalue weighted by atomic mass is 16.5. The summed E-state index contributed by atoms with van der Waals surface area (Å²) in [6.07, 6.45) is 0.662. The van der Waals surface area contributed by atoms with E-state index >= 15 is 0 Å². The van der Waals surface area contributed by atoms with E-state index in [0.717, 1.165) is 32.8 Å². The smallest absolute Gasteiger partial charge is 0.244 e. The molecule has 1 aliphatic rings. The summed E-state index contributed by atoms with van der Waals surface area (Å²) in [6, 6.07) is 0. The van der Waals surface area contributed by atoms with Crippen molar-refractivity contribution in [2.24, 2.45) is 5.73 Å². The van der Waals surface area contributed by atoms with Crippen LogP contribution in [-0.2, 0) is 9.53 Å². The molecular formula is C9H16N2O2. The van der Waals surface area contributed by atoms with Crippen LogP contribution in [0.15, 0.2) is 12.2 Å². The molecule has 4 heteroatoms. The number of morpholine rings is 1. The van der Waals surface area contributed by atoms with Crippen molar-refractivity contribution in [3.05, 3.63) is 12.2 Å². The zero-order valence-electron chi connectivity index (χ0n) is 7.79. The fourth-order valence-electron chi connectivity index (χ4n) is 1.24. The van der Waals surface area contributed by atoms with Gasteiger partial charge in [-0.15, -0.1) is 0 Å². The maximum atomic E-state index is 10.7. The maximum absolute atomic E-state index is 10.7. The van der Waals surface area contributed by atoms with E-state index in [1.165, 1.54) is 0 Å². The summed E-state index contributed by atoms with van der Waals surface area (Å²) in [5, 5.41) is 0. The molecule has 1 heterocycles. The van der Waals surface area contributed by atoms with Crippen LogP contribution < -0.4 is 5.73 Å². The van der Waals surface area contributed by atoms with Crippen molar-refractivity contribution >= 4 is 5.91 Å². The summed E-state index contributed by atoms with van der Waals surface area (Å²) < 4.78 is 5.20. The summed E-state index contributed by atoms with van der Waals surface area (Å²) in [5.74, 6) is -0.395. The predicted molar refractivity (Wildman–Crippen MR) is 50.2 cm³/mol. The highest BCUT2D eigenvalue weighted by molar-refractivity contribution is 5.91. The van der Waals surface area contributed by atoms with E-state index in [0.29, 0.717) is 12.0 Å². The Bertz CT molecular complexity index is 198. The van der Waals surface area contributed by atoms with Crippen LogP contribution in [0.4, 0.5) is 0 Å². The van der Waals surface area contributed by atoms with Crippen molar-refractivity contribution in [3.8, 4) is 0 Å². The Morgan fingerprint density at radius 1 is 1.46 bits per heavy atom. The molecular weight excluding hydrogens is 168 g/mol. The van der Waals surface area contributed by atoms with Gasteiger partial charge < -0.3 is 10.5 Å². The molecule has 0 atom stereocenters. The lowest BCUT2D eigenvalue weighted by atomic mass is 10.2. The van der Waals surface area contributed by atoms with E-state index < -0.39 is 5.91 Å². The van der Waals surface area contributed by atoms with Crippen LogP contribution in [0.3, 0.4) is 0 Å². The first-order valence-electron chi connectivity index (χ1n) is 4.48. The molecule has 2 N–H and O–H groups in total. The standard InChI is InChI=1S/C9H16N2O2/c1-8(9(10)12)2-3-11-4-6-13-7-5-11/h1-7H2,(H2,10,12). The molecule has 1 rings (SSSR count). The summed E-state index contributed by atoms with van der Waals surface area (Å²) in [5.41, 5.74) is 5.58. The molecule has 0 aliphatic carbocycles. The monoisotopic (exact) mass is 184 g/mol. The zero-order valence-corrected chi connectivity index (χ0v) is 7.79. The van der Waals surface area contributed by atoms with Gasteiger partial charge in [0.25, 0.3) is 0 Å². The van der Waals surface area contributed by atoms with Gasteiger partial charge in [-0.3, -0.25) is 9.69 Å². The number of ether oxygens (including phenoxy) is 1. The normalized spacial score (nSPS) is 18.5. The van der Waals surface area contributed by atoms with Gasteiger partial charge in [0.2, 0.25) is 5.91 Å². The topological polar surface area (TPSA) is 55.6 Å². The molecule has 0 aromatic heterocycles. The van der Waals surface area contributed by atoms with Crippen molar-refractivity contribution in [2.45, 2.75) is 6.42 Å². The molecule has 4 nitrogen and oxygen atoms in total. The minimum atomic E-state index is -0.395. The van der Waals surface area contributed by atoms with Crippen LogP contribution in [0.25, 0.3) is 0 Å². The number of nitrogens with two attached hydrogens (primary N) is 1. The molecule has 13 heavy (non-hydrogen) atoms. The van der Waals surface area contributed by atoms with E-state index in [4.69, 9.17) is 10.5 Å². The van der Waals surface area contributed by atoms with Crippen molar-refractivity contribution in [3.63, 3.8) is 0 Å². The van der Waals surface area contributed by atoms with Gasteiger partial charge in [0.05, 0.1) is 13.2 Å². The van der Waals surface area contributed by atoms with Crippen molar-refractivity contribution in [1.29, 1.82) is 0 Å². The second-order valence-electron chi connectivity index (χ2n) is 3.17. The third-order valence-corrected chi connectivity index (χ3v) is 2.18. The van der Waals surface area contributed by atoms with Crippen LogP contribution >= 0.6 is 0 Å². The number of carbonyl (C=O) groups is 1. The van der Waals surface area contributed by atoms with Crippen LogP contribution in [0.2, 0.25) is 0 Å². The van der Waals surface area contributed by atoms with E-state index in [2.05, 4.69) is 11.5 Å². The van der Waals surface area contributed by atoms with Gasteiger partial charge in [0.1, 0.15) is 0 Å². The minimum Gasteiger partial charge on any atom is -0.379 e. The average molecular weight is 184 g/mol. The van der Waals surface area contributed by atoms with Gasteiger partial charge in [-0.1, -0.05) is 6.58 Å². The Balaban J connectivity index is 2.17. The molecule has 1 aliphatic heterocycles. The van der Waals surface area contributed by atoms with Crippen LogP contribution in [0.5, 0.6) is 0 Å². The molecule has 0 saturated carbocycles. The lowest BCUT2D eigenvalue weighted by Crippen LogP contribution is -2.37.